The van der Waals surface area contributed by atoms with Crippen molar-refractivity contribution >= 4 is 22.6 Å². The molecule has 0 saturated heterocycles. The first-order chi connectivity index (χ1) is 16.8. The molecule has 1 atom stereocenters. The molecule has 0 aliphatic heterocycles. The van der Waals surface area contributed by atoms with Crippen molar-refractivity contribution in [3.05, 3.63) is 53.7 Å². The highest BCUT2D eigenvalue weighted by atomic mass is 19.4. The van der Waals surface area contributed by atoms with Gasteiger partial charge in [0.2, 0.25) is 0 Å². The summed E-state index contributed by atoms with van der Waals surface area (Å²) in [6.45, 7) is 5.89. The Balaban J connectivity index is 1.62. The largest absolute Gasteiger partial charge is 0.456 e. The predicted octanol–water partition coefficient (Wildman–Crippen LogP) is 4.75. The fourth-order valence-corrected chi connectivity index (χ4v) is 3.83. The average Bonchev–Trinajstić information content (AvgIpc) is 3.51. The summed E-state index contributed by atoms with van der Waals surface area (Å²) < 4.78 is 48.2. The number of ether oxygens (including phenoxy) is 1. The van der Waals surface area contributed by atoms with Gasteiger partial charge in [-0.15, -0.1) is 0 Å². The van der Waals surface area contributed by atoms with Gasteiger partial charge in [0, 0.05) is 23.7 Å². The van der Waals surface area contributed by atoms with Crippen LogP contribution in [0.5, 0.6) is 0 Å². The highest BCUT2D eigenvalue weighted by molar-refractivity contribution is 5.94. The molecule has 3 aromatic rings. The summed E-state index contributed by atoms with van der Waals surface area (Å²) in [5.74, 6) is -0.467. The number of alkyl halides is 3. The van der Waals surface area contributed by atoms with Gasteiger partial charge in [0.05, 0.1) is 29.5 Å². The molecule has 1 aliphatic carbocycles. The van der Waals surface area contributed by atoms with E-state index >= 15 is 0 Å². The maximum atomic E-state index is 13.7. The number of aryl methyl sites for hydroxylation is 1. The highest BCUT2D eigenvalue weighted by Crippen LogP contribution is 2.33. The van der Waals surface area contributed by atoms with E-state index in [1.165, 1.54) is 0 Å². The molecule has 7 nitrogen and oxygen atoms in total. The number of nitrogens with zero attached hydrogens (tertiary/aromatic N) is 2. The number of carbonyl (C=O) groups excluding carboxylic acids is 1. The highest BCUT2D eigenvalue weighted by Gasteiger charge is 2.53. The predicted molar refractivity (Wildman–Crippen MR) is 131 cm³/mol. The first-order valence-electron chi connectivity index (χ1n) is 11.8. The van der Waals surface area contributed by atoms with E-state index in [2.05, 4.69) is 15.7 Å². The first kappa shape index (κ1) is 26.0. The minimum Gasteiger partial charge on any atom is -0.456 e. The van der Waals surface area contributed by atoms with Gasteiger partial charge in [-0.05, 0) is 76.4 Å². The fraction of sp³-hybridized carbons (Fsp3) is 0.462. The van der Waals surface area contributed by atoms with Crippen molar-refractivity contribution in [3.63, 3.8) is 0 Å². The fourth-order valence-electron chi connectivity index (χ4n) is 3.83. The molecule has 0 bridgehead atoms. The van der Waals surface area contributed by atoms with Crippen LogP contribution >= 0.6 is 0 Å². The standard InChI is InChI=1S/C26H31F3N4O3/c1-16-10-21(31-15-25(35,26(27,28)29)14-30-18-8-9-18)20-13-32-33(22(20)11-16)19-7-5-6-17(12-19)23(34)36-24(2,3)4/h5-7,10-13,18,30-31,35H,8-9,14-15H2,1-4H3. The van der Waals surface area contributed by atoms with E-state index in [1.54, 1.807) is 62.0 Å². The normalized spacial score (nSPS) is 16.1. The molecule has 36 heavy (non-hydrogen) atoms. The molecule has 1 aromatic heterocycles. The van der Waals surface area contributed by atoms with Gasteiger partial charge in [-0.3, -0.25) is 0 Å². The number of carbonyl (C=O) groups is 1. The number of anilines is 1. The molecule has 1 saturated carbocycles. The molecule has 1 fully saturated rings. The third-order valence-electron chi connectivity index (χ3n) is 5.92. The molecule has 194 valence electrons. The number of aromatic nitrogens is 2. The van der Waals surface area contributed by atoms with Gasteiger partial charge < -0.3 is 20.5 Å². The van der Waals surface area contributed by atoms with Crippen LogP contribution in [0.15, 0.2) is 42.6 Å². The van der Waals surface area contributed by atoms with Crippen LogP contribution in [-0.4, -0.2) is 57.4 Å². The van der Waals surface area contributed by atoms with E-state index in [1.807, 2.05) is 13.0 Å². The summed E-state index contributed by atoms with van der Waals surface area (Å²) in [7, 11) is 0. The van der Waals surface area contributed by atoms with E-state index in [4.69, 9.17) is 4.74 Å². The molecule has 0 spiro atoms. The minimum atomic E-state index is -4.81. The summed E-state index contributed by atoms with van der Waals surface area (Å²) in [5.41, 5.74) is -0.749. The van der Waals surface area contributed by atoms with Crippen LogP contribution in [0.4, 0.5) is 18.9 Å². The number of halogens is 3. The smallest absolute Gasteiger partial charge is 0.420 e. The summed E-state index contributed by atoms with van der Waals surface area (Å²) in [5, 5.41) is 21.1. The lowest BCUT2D eigenvalue weighted by molar-refractivity contribution is -0.252. The molecule has 1 unspecified atom stereocenters. The maximum absolute atomic E-state index is 13.7. The number of nitrogens with one attached hydrogen (secondary N) is 2. The van der Waals surface area contributed by atoms with Gasteiger partial charge in [0.15, 0.2) is 5.60 Å². The summed E-state index contributed by atoms with van der Waals surface area (Å²) >= 11 is 0. The number of benzene rings is 2. The second-order valence-corrected chi connectivity index (χ2v) is 10.4. The molecule has 0 amide bonds. The third-order valence-corrected chi connectivity index (χ3v) is 5.92. The monoisotopic (exact) mass is 504 g/mol. The second kappa shape index (κ2) is 9.40. The number of esters is 1. The molecule has 1 heterocycles. The van der Waals surface area contributed by atoms with Crippen LogP contribution in [0.2, 0.25) is 0 Å². The number of aliphatic hydroxyl groups is 1. The van der Waals surface area contributed by atoms with Gasteiger partial charge in [0.1, 0.15) is 5.60 Å². The van der Waals surface area contributed by atoms with E-state index in [9.17, 15) is 23.1 Å². The minimum absolute atomic E-state index is 0.0271. The zero-order valence-corrected chi connectivity index (χ0v) is 20.7. The molecule has 0 radical (unpaired) electrons. The van der Waals surface area contributed by atoms with Gasteiger partial charge >= 0.3 is 12.1 Å². The molecular weight excluding hydrogens is 473 g/mol. The molecular formula is C26H31F3N4O3. The van der Waals surface area contributed by atoms with Crippen molar-refractivity contribution in [2.24, 2.45) is 0 Å². The topological polar surface area (TPSA) is 88.4 Å². The Hall–Kier alpha value is -3.11. The molecule has 10 heteroatoms. The van der Waals surface area contributed by atoms with Crippen molar-refractivity contribution in [1.29, 1.82) is 0 Å². The quantitative estimate of drug-likeness (QED) is 0.384. The van der Waals surface area contributed by atoms with Crippen LogP contribution in [0, 0.1) is 6.92 Å². The summed E-state index contributed by atoms with van der Waals surface area (Å²) in [6, 6.07) is 10.4. The van der Waals surface area contributed by atoms with Crippen molar-refractivity contribution < 1.29 is 27.8 Å². The Morgan fingerprint density at radius 2 is 1.89 bits per heavy atom. The number of hydrogen-bond donors (Lipinski definition) is 3. The van der Waals surface area contributed by atoms with E-state index < -0.39 is 36.4 Å². The van der Waals surface area contributed by atoms with Crippen LogP contribution in [0.25, 0.3) is 16.6 Å². The zero-order chi connectivity index (χ0) is 26.3. The Morgan fingerprint density at radius 1 is 1.17 bits per heavy atom. The number of hydrogen-bond acceptors (Lipinski definition) is 6. The van der Waals surface area contributed by atoms with Gasteiger partial charge in [0.25, 0.3) is 0 Å². The van der Waals surface area contributed by atoms with Gasteiger partial charge in [-0.2, -0.15) is 18.3 Å². The molecule has 3 N–H and O–H groups in total. The zero-order valence-electron chi connectivity index (χ0n) is 20.7. The Kier molecular flexibility index (Phi) is 6.78. The Bertz CT molecular complexity index is 1260. The molecule has 1 aliphatic rings. The van der Waals surface area contributed by atoms with Crippen LogP contribution in [-0.2, 0) is 4.74 Å². The van der Waals surface area contributed by atoms with Crippen LogP contribution < -0.4 is 10.6 Å². The number of fused-ring (bicyclic) bond motifs is 1. The average molecular weight is 505 g/mol. The maximum Gasteiger partial charge on any atom is 0.420 e. The van der Waals surface area contributed by atoms with Crippen LogP contribution in [0.1, 0.15) is 49.5 Å². The lowest BCUT2D eigenvalue weighted by atomic mass is 10.0. The van der Waals surface area contributed by atoms with Gasteiger partial charge in [-0.25, -0.2) is 9.48 Å². The van der Waals surface area contributed by atoms with E-state index in [-0.39, 0.29) is 6.04 Å². The summed E-state index contributed by atoms with van der Waals surface area (Å²) in [6.07, 6.45) is -1.63. The summed E-state index contributed by atoms with van der Waals surface area (Å²) in [4.78, 5) is 12.5. The van der Waals surface area contributed by atoms with Crippen molar-refractivity contribution in [3.8, 4) is 5.69 Å². The Labute approximate surface area is 207 Å². The Morgan fingerprint density at radius 3 is 2.53 bits per heavy atom. The van der Waals surface area contributed by atoms with Crippen LogP contribution in [0.3, 0.4) is 0 Å². The van der Waals surface area contributed by atoms with Crippen molar-refractivity contribution in [1.82, 2.24) is 15.1 Å². The van der Waals surface area contributed by atoms with E-state index in [0.717, 1.165) is 18.4 Å². The SMILES string of the molecule is Cc1cc(NCC(O)(CNC2CC2)C(F)(F)F)c2cnn(-c3cccc(C(=O)OC(C)(C)C)c3)c2c1. The number of rotatable bonds is 8. The van der Waals surface area contributed by atoms with E-state index in [0.29, 0.717) is 27.8 Å². The second-order valence-electron chi connectivity index (χ2n) is 10.4. The molecule has 2 aromatic carbocycles. The first-order valence-corrected chi connectivity index (χ1v) is 11.8. The lowest BCUT2D eigenvalue weighted by Crippen LogP contribution is -2.57. The van der Waals surface area contributed by atoms with Gasteiger partial charge in [-0.1, -0.05) is 6.07 Å². The molecule has 4 rings (SSSR count). The lowest BCUT2D eigenvalue weighted by Gasteiger charge is -2.31. The van der Waals surface area contributed by atoms with Crippen molar-refractivity contribution in [2.45, 2.75) is 64.0 Å². The van der Waals surface area contributed by atoms with Crippen molar-refractivity contribution in [2.75, 3.05) is 18.4 Å². The third kappa shape index (κ3) is 5.82.